The van der Waals surface area contributed by atoms with Crippen LogP contribution in [0.1, 0.15) is 111 Å². The van der Waals surface area contributed by atoms with Crippen LogP contribution in [-0.2, 0) is 48.6 Å². The molecule has 10 aromatic rings. The molecule has 12 rings (SSSR count). The van der Waals surface area contributed by atoms with Crippen molar-refractivity contribution in [1.82, 2.24) is 29.4 Å². The first-order valence-electron chi connectivity index (χ1n) is 32.8. The van der Waals surface area contributed by atoms with Crippen LogP contribution in [0.25, 0.3) is 66.4 Å². The van der Waals surface area contributed by atoms with Gasteiger partial charge in [0.2, 0.25) is 20.0 Å². The van der Waals surface area contributed by atoms with Crippen molar-refractivity contribution in [2.75, 3.05) is 75.5 Å². The number of hydrogen-bond donors (Lipinski definition) is 3. The molecule has 2 saturated heterocycles. The standard InChI is InChI=1S/C36H38F2N4O8S2.C23H26FN3O4S.C13H13ClFNO4S.2H2S/c1-36(2,3)50-35(44)42-30(17-22-9-7-11-27(38)32(22)42)52(47,48)41-16-8-10-23(20-41)25-18-26-29(19-28(25)40(5)51(6,45)46)49-33(31(26)34(43)39-4)21-12-14-24(37)15-13-21;1-25-23(28)21-18-11-17(15-5-4-10-26-13-15)19(27(2)32(3,29)30)12-20(18)31-22(21)14-6-8-16(24)9-7-14;1-13(2,3)20-12(17)16-10(21(14,18)19)7-8-5-4-6-9(15)11(8)16;;/h7,9,11-15,17-19,23H,8,10,16,20H2,1-6H3,(H,39,43);6-9,11-12,15,26H,4-5,10,13H2,1-3H3,(H,25,28);4-7H,1-3H3;2*1H2/t23-;15-;;;/m11.../s1. The minimum Gasteiger partial charge on any atom is -0.455 e. The molecule has 2 aliphatic heterocycles. The van der Waals surface area contributed by atoms with Crippen LogP contribution in [0.5, 0.6) is 0 Å². The highest BCUT2D eigenvalue weighted by molar-refractivity contribution is 8.13. The fourth-order valence-corrected chi connectivity index (χ4v) is 16.3. The number of nitrogens with one attached hydrogen (secondary N) is 3. The van der Waals surface area contributed by atoms with Gasteiger partial charge in [-0.3, -0.25) is 18.2 Å². The number of fused-ring (bicyclic) bond motifs is 4. The van der Waals surface area contributed by atoms with E-state index < -0.39 is 108 Å². The van der Waals surface area contributed by atoms with E-state index >= 15 is 4.39 Å². The number of piperidine rings is 2. The van der Waals surface area contributed by atoms with Gasteiger partial charge >= 0.3 is 12.2 Å². The van der Waals surface area contributed by atoms with E-state index in [0.29, 0.717) is 74.0 Å². The number of ether oxygens (including phenoxy) is 2. The Bertz CT molecular complexity index is 5560. The number of para-hydroxylation sites is 2. The highest BCUT2D eigenvalue weighted by Gasteiger charge is 2.39. The summed E-state index contributed by atoms with van der Waals surface area (Å²) in [4.78, 5) is 51.8. The summed E-state index contributed by atoms with van der Waals surface area (Å²) in [6, 6.07) is 28.1. The van der Waals surface area contributed by atoms with Crippen molar-refractivity contribution < 1.29 is 88.7 Å². The lowest BCUT2D eigenvalue weighted by Crippen LogP contribution is -2.41. The highest BCUT2D eigenvalue weighted by atomic mass is 35.7. The number of anilines is 2. The molecule has 0 unspecified atom stereocenters. The molecule has 3 N–H and O–H groups in total. The zero-order valence-corrected chi connectivity index (χ0v) is 66.2. The first kappa shape index (κ1) is 84.0. The number of nitrogens with zero attached hydrogens (tertiary/aromatic N) is 5. The van der Waals surface area contributed by atoms with Crippen molar-refractivity contribution in [3.8, 4) is 22.6 Å². The molecule has 2 aliphatic rings. The molecule has 6 aromatic carbocycles. The first-order valence-corrected chi connectivity index (χ1v) is 40.2. The Hall–Kier alpha value is -8.61. The van der Waals surface area contributed by atoms with E-state index in [-0.39, 0.29) is 96.3 Å². The Labute approximate surface area is 635 Å². The van der Waals surface area contributed by atoms with Crippen LogP contribution < -0.4 is 24.6 Å². The summed E-state index contributed by atoms with van der Waals surface area (Å²) in [5.74, 6) is -3.35. The number of carbonyl (C=O) groups excluding carboxylic acids is 4. The van der Waals surface area contributed by atoms with E-state index in [1.165, 1.54) is 110 Å². The molecular formula is C72H81ClF4N8O16S6. The molecule has 2 amide bonds. The van der Waals surface area contributed by atoms with Crippen molar-refractivity contribution >= 4 is 156 Å². The summed E-state index contributed by atoms with van der Waals surface area (Å²) in [6.45, 7) is 11.2. The van der Waals surface area contributed by atoms with Crippen molar-refractivity contribution in [2.45, 2.75) is 100 Å². The molecule has 0 saturated carbocycles. The second-order valence-electron chi connectivity index (χ2n) is 27.2. The predicted octanol–water partition coefficient (Wildman–Crippen LogP) is 13.6. The average molecular weight is 1620 g/mol. The van der Waals surface area contributed by atoms with Crippen molar-refractivity contribution in [1.29, 1.82) is 0 Å². The third kappa shape index (κ3) is 18.1. The fraction of sp³-hybridized carbons (Fsp3) is 0.333. The van der Waals surface area contributed by atoms with Gasteiger partial charge in [-0.2, -0.15) is 31.3 Å². The van der Waals surface area contributed by atoms with Gasteiger partial charge in [0.25, 0.3) is 30.9 Å². The second kappa shape index (κ2) is 32.3. The Morgan fingerprint density at radius 3 is 1.36 bits per heavy atom. The molecule has 24 nitrogen and oxygen atoms in total. The molecule has 35 heteroatoms. The maximum Gasteiger partial charge on any atom is 0.420 e. The lowest BCUT2D eigenvalue weighted by molar-refractivity contribution is 0.0518. The normalized spacial score (nSPS) is 15.3. The van der Waals surface area contributed by atoms with Crippen LogP contribution in [0.2, 0.25) is 0 Å². The van der Waals surface area contributed by atoms with Gasteiger partial charge in [-0.25, -0.2) is 70.0 Å². The third-order valence-electron chi connectivity index (χ3n) is 17.5. The van der Waals surface area contributed by atoms with E-state index in [1.807, 2.05) is 6.07 Å². The number of amides is 2. The average Bonchev–Trinajstić information content (AvgIpc) is 1.63. The maximum atomic E-state index is 15.2. The fourth-order valence-electron chi connectivity index (χ4n) is 12.6. The van der Waals surface area contributed by atoms with Crippen LogP contribution >= 0.6 is 37.7 Å². The summed E-state index contributed by atoms with van der Waals surface area (Å²) in [5.41, 5.74) is 1.67. The van der Waals surface area contributed by atoms with Crippen LogP contribution in [0, 0.1) is 23.3 Å². The van der Waals surface area contributed by atoms with Crippen LogP contribution in [0.3, 0.4) is 0 Å². The number of halogens is 5. The monoisotopic (exact) mass is 1620 g/mol. The Morgan fingerprint density at radius 2 is 0.972 bits per heavy atom. The molecule has 6 heterocycles. The maximum absolute atomic E-state index is 15.2. The molecule has 2 fully saturated rings. The number of aromatic nitrogens is 2. The molecule has 0 aliphatic carbocycles. The van der Waals surface area contributed by atoms with Crippen molar-refractivity contribution in [3.05, 3.63) is 167 Å². The van der Waals surface area contributed by atoms with Gasteiger partial charge in [0, 0.05) is 103 Å². The van der Waals surface area contributed by atoms with Crippen molar-refractivity contribution in [3.63, 3.8) is 0 Å². The van der Waals surface area contributed by atoms with Gasteiger partial charge in [-0.1, -0.05) is 24.3 Å². The van der Waals surface area contributed by atoms with Gasteiger partial charge in [0.05, 0.1) is 46.0 Å². The zero-order chi connectivity index (χ0) is 77.0. The lowest BCUT2D eigenvalue weighted by atomic mass is 9.89. The van der Waals surface area contributed by atoms with E-state index in [2.05, 4.69) is 16.0 Å². The molecular weight excluding hydrogens is 1540 g/mol. The van der Waals surface area contributed by atoms with Gasteiger partial charge in [-0.05, 0) is 182 Å². The van der Waals surface area contributed by atoms with E-state index in [0.717, 1.165) is 64.5 Å². The van der Waals surface area contributed by atoms with E-state index in [1.54, 1.807) is 65.8 Å². The molecule has 576 valence electrons. The predicted molar refractivity (Wildman–Crippen MR) is 413 cm³/mol. The third-order valence-corrected chi connectivity index (χ3v) is 23.0. The molecule has 107 heavy (non-hydrogen) atoms. The number of carbonyl (C=O) groups is 4. The summed E-state index contributed by atoms with van der Waals surface area (Å²) in [5, 5.41) is 8.94. The highest BCUT2D eigenvalue weighted by Crippen LogP contribution is 2.45. The lowest BCUT2D eigenvalue weighted by Gasteiger charge is -2.34. The Balaban J connectivity index is 0.000000223. The zero-order valence-electron chi connectivity index (χ0n) is 60.1. The molecule has 0 radical (unpaired) electrons. The van der Waals surface area contributed by atoms with Gasteiger partial charge < -0.3 is 34.3 Å². The summed E-state index contributed by atoms with van der Waals surface area (Å²) in [6.07, 6.45) is 2.75. The minimum atomic E-state index is -4.49. The largest absolute Gasteiger partial charge is 0.455 e. The molecule has 4 aromatic heterocycles. The molecule has 2 atom stereocenters. The summed E-state index contributed by atoms with van der Waals surface area (Å²) >= 11 is 0. The number of sulfonamides is 3. The SMILES string of the molecule is CC(C)(C)OC(=O)n1c(S(=O)(=O)Cl)cc2cccc(F)c21.CNC(=O)c1c(-c2ccc(F)cc2)oc2cc(N(C)S(C)(=O)=O)c([C@@H]3CCCN(S(=O)(=O)c4cc5cccc(F)c5n4C(=O)OC(C)(C)C)C3)cc12.CNC(=O)c1c(-c2ccc(F)cc2)oc2cc(N(C)S(C)(=O)=O)c([C@@H]3CCCNC3)cc12.S.S. The number of benzene rings is 6. The second-order valence-corrected chi connectivity index (χ2v) is 35.6. The van der Waals surface area contributed by atoms with Crippen LogP contribution in [0.4, 0.5) is 38.5 Å². The smallest absolute Gasteiger partial charge is 0.420 e. The van der Waals surface area contributed by atoms with E-state index in [9.17, 15) is 66.0 Å². The number of hydrogen-bond acceptors (Lipinski definition) is 17. The van der Waals surface area contributed by atoms with E-state index in [4.69, 9.17) is 29.0 Å². The van der Waals surface area contributed by atoms with Crippen molar-refractivity contribution in [2.24, 2.45) is 0 Å². The first-order chi connectivity index (χ1) is 49.0. The summed E-state index contributed by atoms with van der Waals surface area (Å²) in [7, 11) is -4.94. The van der Waals surface area contributed by atoms with Gasteiger partial charge in [0.15, 0.2) is 10.1 Å². The number of rotatable bonds is 13. The quantitative estimate of drug-likeness (QED) is 0.0713. The molecule has 0 bridgehead atoms. The minimum absolute atomic E-state index is 0. The Morgan fingerprint density at radius 1 is 0.570 bits per heavy atom. The summed E-state index contributed by atoms with van der Waals surface area (Å²) < 4.78 is 187. The van der Waals surface area contributed by atoms with Gasteiger partial charge in [0.1, 0.15) is 57.2 Å². The number of furan rings is 2. The Kier molecular flexibility index (Phi) is 25.4. The van der Waals surface area contributed by atoms with Crippen LogP contribution in [-0.4, -0.2) is 149 Å². The van der Waals surface area contributed by atoms with Crippen LogP contribution in [0.15, 0.2) is 140 Å². The van der Waals surface area contributed by atoms with Gasteiger partial charge in [-0.15, -0.1) is 0 Å². The topological polar surface area (TPSA) is 305 Å². The molecule has 0 spiro atoms.